The van der Waals surface area contributed by atoms with Crippen molar-refractivity contribution in [3.63, 3.8) is 0 Å². The molecule has 1 aliphatic carbocycles. The first-order valence-corrected chi connectivity index (χ1v) is 6.37. The molecule has 4 nitrogen and oxygen atoms in total. The quantitative estimate of drug-likeness (QED) is 0.635. The van der Waals surface area contributed by atoms with Crippen LogP contribution in [0.1, 0.15) is 32.6 Å². The zero-order valence-corrected chi connectivity index (χ0v) is 10.6. The van der Waals surface area contributed by atoms with Gasteiger partial charge in [0.25, 0.3) is 0 Å². The highest BCUT2D eigenvalue weighted by atomic mass is 16.1. The van der Waals surface area contributed by atoms with E-state index in [1.54, 1.807) is 0 Å². The molecule has 0 heterocycles. The van der Waals surface area contributed by atoms with Crippen LogP contribution in [0.5, 0.6) is 0 Å². The van der Waals surface area contributed by atoms with E-state index in [1.807, 2.05) is 24.3 Å². The summed E-state index contributed by atoms with van der Waals surface area (Å²) in [6, 6.07) is 7.44. The van der Waals surface area contributed by atoms with Crippen molar-refractivity contribution in [1.29, 1.82) is 0 Å². The van der Waals surface area contributed by atoms with E-state index in [4.69, 9.17) is 5.73 Å². The molecule has 1 aromatic rings. The van der Waals surface area contributed by atoms with Gasteiger partial charge in [-0.3, -0.25) is 4.79 Å². The Labute approximate surface area is 107 Å². The monoisotopic (exact) mass is 245 g/mol. The molecule has 0 unspecified atom stereocenters. The molecular weight excluding hydrogens is 226 g/mol. The lowest BCUT2D eigenvalue weighted by atomic mass is 10.1. The maximum Gasteiger partial charge on any atom is 0.221 e. The molecule has 1 saturated carbocycles. The molecule has 1 amide bonds. The molecule has 0 radical (unpaired) electrons. The van der Waals surface area contributed by atoms with Gasteiger partial charge in [0.2, 0.25) is 5.91 Å². The van der Waals surface area contributed by atoms with Gasteiger partial charge in [-0.1, -0.05) is 18.9 Å². The minimum absolute atomic E-state index is 0.0834. The molecule has 0 spiro atoms. The van der Waals surface area contributed by atoms with Gasteiger partial charge in [-0.15, -0.1) is 0 Å². The molecule has 0 aliphatic heterocycles. The third kappa shape index (κ3) is 3.32. The number of amidine groups is 1. The zero-order chi connectivity index (χ0) is 13.0. The van der Waals surface area contributed by atoms with Crippen LogP contribution in [-0.4, -0.2) is 11.7 Å². The number of carbonyl (C=O) groups excluding carboxylic acids is 1. The molecule has 1 fully saturated rings. The minimum atomic E-state index is -0.0834. The molecule has 4 heteroatoms. The summed E-state index contributed by atoms with van der Waals surface area (Å²) in [5.41, 5.74) is 7.57. The van der Waals surface area contributed by atoms with Crippen molar-refractivity contribution in [2.75, 3.05) is 5.32 Å². The molecule has 3 N–H and O–H groups in total. The smallest absolute Gasteiger partial charge is 0.221 e. The van der Waals surface area contributed by atoms with Gasteiger partial charge in [-0.05, 0) is 31.0 Å². The van der Waals surface area contributed by atoms with Crippen molar-refractivity contribution < 1.29 is 4.79 Å². The van der Waals surface area contributed by atoms with Crippen molar-refractivity contribution in [2.45, 2.75) is 32.6 Å². The van der Waals surface area contributed by atoms with Gasteiger partial charge < -0.3 is 11.1 Å². The van der Waals surface area contributed by atoms with Crippen molar-refractivity contribution in [2.24, 2.45) is 16.6 Å². The Morgan fingerprint density at radius 2 is 2.11 bits per heavy atom. The van der Waals surface area contributed by atoms with E-state index in [9.17, 15) is 4.79 Å². The summed E-state index contributed by atoms with van der Waals surface area (Å²) < 4.78 is 0. The van der Waals surface area contributed by atoms with Gasteiger partial charge >= 0.3 is 0 Å². The molecule has 0 atom stereocenters. The Balaban J connectivity index is 2.12. The van der Waals surface area contributed by atoms with Crippen molar-refractivity contribution in [1.82, 2.24) is 0 Å². The maximum absolute atomic E-state index is 11.0. The zero-order valence-electron chi connectivity index (χ0n) is 10.6. The van der Waals surface area contributed by atoms with Crippen LogP contribution in [0.2, 0.25) is 0 Å². The van der Waals surface area contributed by atoms with Crippen molar-refractivity contribution in [3.8, 4) is 0 Å². The minimum Gasteiger partial charge on any atom is -0.387 e. The molecule has 18 heavy (non-hydrogen) atoms. The first-order chi connectivity index (χ1) is 8.65. The van der Waals surface area contributed by atoms with E-state index in [2.05, 4.69) is 10.3 Å². The highest BCUT2D eigenvalue weighted by Gasteiger charge is 2.18. The summed E-state index contributed by atoms with van der Waals surface area (Å²) in [6.07, 6.45) is 4.76. The molecule has 0 aromatic heterocycles. The average molecular weight is 245 g/mol. The average Bonchev–Trinajstić information content (AvgIpc) is 2.81. The summed E-state index contributed by atoms with van der Waals surface area (Å²) in [5, 5.41) is 2.74. The number of amides is 1. The predicted octanol–water partition coefficient (Wildman–Crippen LogP) is 2.82. The summed E-state index contributed by atoms with van der Waals surface area (Å²) in [5.74, 6) is 1.06. The number of benzene rings is 1. The van der Waals surface area contributed by atoms with Crippen LogP contribution < -0.4 is 11.1 Å². The van der Waals surface area contributed by atoms with Crippen LogP contribution in [0, 0.1) is 5.92 Å². The van der Waals surface area contributed by atoms with E-state index in [0.717, 1.165) is 24.2 Å². The first-order valence-electron chi connectivity index (χ1n) is 6.37. The molecule has 1 aromatic carbocycles. The molecular formula is C14H19N3O. The van der Waals surface area contributed by atoms with Crippen LogP contribution in [0.3, 0.4) is 0 Å². The number of hydrogen-bond donors (Lipinski definition) is 2. The first kappa shape index (κ1) is 12.6. The van der Waals surface area contributed by atoms with E-state index < -0.39 is 0 Å². The van der Waals surface area contributed by atoms with Gasteiger partial charge in [0.15, 0.2) is 0 Å². The summed E-state index contributed by atoms with van der Waals surface area (Å²) in [6.45, 7) is 1.49. The van der Waals surface area contributed by atoms with Gasteiger partial charge in [0, 0.05) is 18.5 Å². The number of carbonyl (C=O) groups is 1. The molecule has 0 saturated heterocycles. The van der Waals surface area contributed by atoms with E-state index >= 15 is 0 Å². The largest absolute Gasteiger partial charge is 0.387 e. The standard InChI is InChI=1S/C14H19N3O/c1-10(18)16-12-7-4-8-13(9-12)17-14(15)11-5-2-3-6-11/h4,7-9,11H,2-3,5-6H2,1H3,(H2,15,17)(H,16,18). The second-order valence-electron chi connectivity index (χ2n) is 4.75. The van der Waals surface area contributed by atoms with E-state index in [1.165, 1.54) is 19.8 Å². The Bertz CT molecular complexity index is 462. The number of nitrogens with zero attached hydrogens (tertiary/aromatic N) is 1. The maximum atomic E-state index is 11.0. The number of nitrogens with two attached hydrogens (primary N) is 1. The van der Waals surface area contributed by atoms with Crippen LogP contribution in [0.25, 0.3) is 0 Å². The highest BCUT2D eigenvalue weighted by molar-refractivity contribution is 5.90. The molecule has 1 aliphatic rings. The van der Waals surface area contributed by atoms with Gasteiger partial charge in [0.05, 0.1) is 5.69 Å². The fourth-order valence-corrected chi connectivity index (χ4v) is 2.32. The second-order valence-corrected chi connectivity index (χ2v) is 4.75. The number of anilines is 1. The van der Waals surface area contributed by atoms with Gasteiger partial charge in [-0.25, -0.2) is 4.99 Å². The lowest BCUT2D eigenvalue weighted by Crippen LogP contribution is -2.20. The Morgan fingerprint density at radius 1 is 1.39 bits per heavy atom. The topological polar surface area (TPSA) is 67.5 Å². The van der Waals surface area contributed by atoms with Crippen molar-refractivity contribution >= 4 is 23.1 Å². The van der Waals surface area contributed by atoms with E-state index in [0.29, 0.717) is 11.8 Å². The number of aliphatic imine (C=N–C) groups is 1. The normalized spacial score (nSPS) is 16.8. The van der Waals surface area contributed by atoms with Crippen LogP contribution in [-0.2, 0) is 4.79 Å². The van der Waals surface area contributed by atoms with Crippen LogP contribution in [0.4, 0.5) is 11.4 Å². The lowest BCUT2D eigenvalue weighted by Gasteiger charge is -2.08. The Morgan fingerprint density at radius 3 is 2.78 bits per heavy atom. The fraction of sp³-hybridized carbons (Fsp3) is 0.429. The summed E-state index contributed by atoms with van der Waals surface area (Å²) in [7, 11) is 0. The van der Waals surface area contributed by atoms with Crippen molar-refractivity contribution in [3.05, 3.63) is 24.3 Å². The van der Waals surface area contributed by atoms with Crippen LogP contribution >= 0.6 is 0 Å². The van der Waals surface area contributed by atoms with Gasteiger partial charge in [0.1, 0.15) is 5.84 Å². The third-order valence-corrected chi connectivity index (χ3v) is 3.20. The third-order valence-electron chi connectivity index (χ3n) is 3.20. The SMILES string of the molecule is CC(=O)Nc1cccc(N=C(N)C2CCCC2)c1. The second kappa shape index (κ2) is 5.67. The number of rotatable bonds is 3. The Hall–Kier alpha value is -1.84. The molecule has 96 valence electrons. The molecule has 2 rings (SSSR count). The van der Waals surface area contributed by atoms with E-state index in [-0.39, 0.29) is 5.91 Å². The number of nitrogens with one attached hydrogen (secondary N) is 1. The fourth-order valence-electron chi connectivity index (χ4n) is 2.32. The Kier molecular flexibility index (Phi) is 3.97. The lowest BCUT2D eigenvalue weighted by molar-refractivity contribution is -0.114. The number of hydrogen-bond acceptors (Lipinski definition) is 2. The summed E-state index contributed by atoms with van der Waals surface area (Å²) >= 11 is 0. The summed E-state index contributed by atoms with van der Waals surface area (Å²) in [4.78, 5) is 15.4. The predicted molar refractivity (Wildman–Crippen MR) is 74.0 cm³/mol. The molecule has 0 bridgehead atoms. The highest BCUT2D eigenvalue weighted by Crippen LogP contribution is 2.26. The van der Waals surface area contributed by atoms with Gasteiger partial charge in [-0.2, -0.15) is 0 Å². The van der Waals surface area contributed by atoms with Crippen LogP contribution in [0.15, 0.2) is 29.3 Å².